The number of hydrogen-bond donors (Lipinski definition) is 1. The van der Waals surface area contributed by atoms with Crippen molar-refractivity contribution in [1.82, 2.24) is 15.2 Å². The molecular weight excluding hydrogens is 266 g/mol. The molecule has 0 radical (unpaired) electrons. The van der Waals surface area contributed by atoms with Crippen LogP contribution in [0, 0.1) is 0 Å². The Morgan fingerprint density at radius 1 is 1.35 bits per heavy atom. The van der Waals surface area contributed by atoms with Crippen molar-refractivity contribution >= 4 is 17.0 Å². The molecule has 1 aromatic heterocycles. The molecular formula is C16H25N3S. The summed E-state index contributed by atoms with van der Waals surface area (Å²) in [5.74, 6) is 0. The van der Waals surface area contributed by atoms with Gasteiger partial charge in [-0.15, -0.1) is 11.3 Å². The molecule has 1 N–H and O–H groups in total. The third kappa shape index (κ3) is 3.97. The molecule has 1 rings (SSSR count). The highest BCUT2D eigenvalue weighted by atomic mass is 32.1. The maximum Gasteiger partial charge on any atom is 0.0970 e. The fourth-order valence-corrected chi connectivity index (χ4v) is 2.79. The molecule has 20 heavy (non-hydrogen) atoms. The largest absolute Gasteiger partial charge is 0.371 e. The highest BCUT2D eigenvalue weighted by Gasteiger charge is 2.11. The minimum Gasteiger partial charge on any atom is -0.371 e. The van der Waals surface area contributed by atoms with Crippen LogP contribution in [0.4, 0.5) is 0 Å². The van der Waals surface area contributed by atoms with Gasteiger partial charge >= 0.3 is 0 Å². The average Bonchev–Trinajstić information content (AvgIpc) is 2.93. The van der Waals surface area contributed by atoms with E-state index in [9.17, 15) is 0 Å². The summed E-state index contributed by atoms with van der Waals surface area (Å²) in [6.07, 6.45) is 3.03. The highest BCUT2D eigenvalue weighted by Crippen LogP contribution is 2.19. The van der Waals surface area contributed by atoms with E-state index >= 15 is 0 Å². The molecule has 3 nitrogen and oxygen atoms in total. The number of nitrogens with one attached hydrogen (secondary N) is 1. The summed E-state index contributed by atoms with van der Waals surface area (Å²) in [5, 5.41) is 6.44. The second kappa shape index (κ2) is 7.90. The summed E-state index contributed by atoms with van der Waals surface area (Å²) < 4.78 is 0. The number of aryl methyl sites for hydroxylation is 1. The zero-order valence-corrected chi connectivity index (χ0v) is 13.8. The Morgan fingerprint density at radius 2 is 2.00 bits per heavy atom. The van der Waals surface area contributed by atoms with Crippen LogP contribution >= 0.6 is 11.3 Å². The van der Waals surface area contributed by atoms with E-state index in [2.05, 4.69) is 55.2 Å². The van der Waals surface area contributed by atoms with Crippen molar-refractivity contribution in [1.29, 1.82) is 0 Å². The number of rotatable bonds is 8. The Morgan fingerprint density at radius 3 is 2.45 bits per heavy atom. The van der Waals surface area contributed by atoms with Crippen molar-refractivity contribution in [2.24, 2.45) is 0 Å². The second-order valence-corrected chi connectivity index (χ2v) is 5.35. The van der Waals surface area contributed by atoms with Gasteiger partial charge in [0.15, 0.2) is 0 Å². The lowest BCUT2D eigenvalue weighted by atomic mass is 10.2. The van der Waals surface area contributed by atoms with Crippen molar-refractivity contribution in [2.45, 2.75) is 34.1 Å². The topological polar surface area (TPSA) is 28.2 Å². The van der Waals surface area contributed by atoms with Gasteiger partial charge in [0.1, 0.15) is 0 Å². The third-order valence-corrected chi connectivity index (χ3v) is 4.15. The number of thiazole rings is 1. The van der Waals surface area contributed by atoms with Gasteiger partial charge in [0.2, 0.25) is 0 Å². The van der Waals surface area contributed by atoms with E-state index in [-0.39, 0.29) is 0 Å². The van der Waals surface area contributed by atoms with Gasteiger partial charge < -0.3 is 10.2 Å². The quantitative estimate of drug-likeness (QED) is 0.733. The fourth-order valence-electron chi connectivity index (χ4n) is 2.03. The van der Waals surface area contributed by atoms with Crippen molar-refractivity contribution in [3.8, 4) is 0 Å². The van der Waals surface area contributed by atoms with Crippen LogP contribution in [0.5, 0.6) is 0 Å². The van der Waals surface area contributed by atoms with Crippen molar-refractivity contribution in [3.05, 3.63) is 46.7 Å². The average molecular weight is 291 g/mol. The van der Waals surface area contributed by atoms with Crippen LogP contribution in [0.2, 0.25) is 0 Å². The summed E-state index contributed by atoms with van der Waals surface area (Å²) in [6.45, 7) is 18.5. The van der Waals surface area contributed by atoms with Gasteiger partial charge in [-0.2, -0.15) is 0 Å². The van der Waals surface area contributed by atoms with E-state index in [4.69, 9.17) is 0 Å². The molecule has 0 aliphatic rings. The van der Waals surface area contributed by atoms with Crippen LogP contribution in [-0.2, 0) is 6.42 Å². The number of allylic oxidation sites excluding steroid dienone is 1. The van der Waals surface area contributed by atoms with E-state index < -0.39 is 0 Å². The van der Waals surface area contributed by atoms with Crippen molar-refractivity contribution in [2.75, 3.05) is 13.1 Å². The first-order valence-corrected chi connectivity index (χ1v) is 7.96. The lowest BCUT2D eigenvalue weighted by Crippen LogP contribution is -2.27. The highest BCUT2D eigenvalue weighted by molar-refractivity contribution is 7.09. The Kier molecular flexibility index (Phi) is 6.52. The molecule has 0 saturated carbocycles. The molecule has 0 unspecified atom stereocenters. The fraction of sp³-hybridized carbons (Fsp3) is 0.438. The Bertz CT molecular complexity index is 496. The molecule has 0 aliphatic carbocycles. The molecule has 0 spiro atoms. The zero-order valence-electron chi connectivity index (χ0n) is 13.0. The number of hydrogen-bond acceptors (Lipinski definition) is 4. The molecule has 0 aliphatic heterocycles. The molecule has 1 aromatic rings. The van der Waals surface area contributed by atoms with Crippen LogP contribution in [0.1, 0.15) is 38.4 Å². The van der Waals surface area contributed by atoms with Crippen molar-refractivity contribution in [3.63, 3.8) is 0 Å². The smallest absolute Gasteiger partial charge is 0.0970 e. The first kappa shape index (κ1) is 16.5. The first-order chi connectivity index (χ1) is 9.57. The summed E-state index contributed by atoms with van der Waals surface area (Å²) in [6, 6.07) is 0. The van der Waals surface area contributed by atoms with E-state index in [0.717, 1.165) is 47.3 Å². The lowest BCUT2D eigenvalue weighted by Gasteiger charge is -2.26. The first-order valence-electron chi connectivity index (χ1n) is 7.08. The van der Waals surface area contributed by atoms with Gasteiger partial charge in [0.25, 0.3) is 0 Å². The van der Waals surface area contributed by atoms with Crippen LogP contribution in [0.15, 0.2) is 36.0 Å². The zero-order chi connectivity index (χ0) is 15.1. The van der Waals surface area contributed by atoms with Crippen molar-refractivity contribution < 1.29 is 0 Å². The maximum atomic E-state index is 4.53. The Hall–Kier alpha value is -1.55. The normalized spacial score (nSPS) is 11.3. The SMILES string of the molecule is C=C(NC(=C)c1csc(CC)n1)/C(=C\C)N(CC)CC. The van der Waals surface area contributed by atoms with Gasteiger partial charge in [-0.3, -0.25) is 0 Å². The van der Waals surface area contributed by atoms with E-state index in [0.29, 0.717) is 0 Å². The standard InChI is InChI=1S/C16H25N3S/c1-7-15(19(9-3)10-4)13(6)17-12(5)14-11-20-16(8-2)18-14/h7,11,17H,5-6,8-10H2,1-4H3/b15-7+. The molecule has 0 fully saturated rings. The van der Waals surface area contributed by atoms with Crippen LogP contribution in [0.25, 0.3) is 5.70 Å². The Balaban J connectivity index is 2.76. The van der Waals surface area contributed by atoms with Crippen LogP contribution in [0.3, 0.4) is 0 Å². The molecule has 110 valence electrons. The minimum atomic E-state index is 0.803. The number of likely N-dealkylation sites (N-methyl/N-ethyl adjacent to an activating group) is 1. The maximum absolute atomic E-state index is 4.53. The third-order valence-electron chi connectivity index (χ3n) is 3.15. The lowest BCUT2D eigenvalue weighted by molar-refractivity contribution is 0.386. The molecule has 0 atom stereocenters. The molecule has 0 bridgehead atoms. The molecule has 0 amide bonds. The molecule has 1 heterocycles. The molecule has 0 saturated heterocycles. The summed E-state index contributed by atoms with van der Waals surface area (Å²) in [7, 11) is 0. The van der Waals surface area contributed by atoms with E-state index in [1.807, 2.05) is 12.3 Å². The summed E-state index contributed by atoms with van der Waals surface area (Å²) >= 11 is 1.67. The van der Waals surface area contributed by atoms with Gasteiger partial charge in [-0.25, -0.2) is 4.98 Å². The Labute approximate surface area is 126 Å². The van der Waals surface area contributed by atoms with Gasteiger partial charge in [0, 0.05) is 18.5 Å². The molecule has 0 aromatic carbocycles. The molecule has 4 heteroatoms. The van der Waals surface area contributed by atoms with E-state index in [1.54, 1.807) is 11.3 Å². The predicted octanol–water partition coefficient (Wildman–Crippen LogP) is 4.03. The second-order valence-electron chi connectivity index (χ2n) is 4.41. The van der Waals surface area contributed by atoms with Gasteiger partial charge in [0.05, 0.1) is 27.8 Å². The number of nitrogens with zero attached hydrogens (tertiary/aromatic N) is 2. The number of aromatic nitrogens is 1. The predicted molar refractivity (Wildman–Crippen MR) is 89.5 cm³/mol. The summed E-state index contributed by atoms with van der Waals surface area (Å²) in [4.78, 5) is 6.80. The van der Waals surface area contributed by atoms with Gasteiger partial charge in [-0.05, 0) is 27.2 Å². The summed E-state index contributed by atoms with van der Waals surface area (Å²) in [5.41, 5.74) is 3.69. The van der Waals surface area contributed by atoms with Crippen LogP contribution in [-0.4, -0.2) is 23.0 Å². The van der Waals surface area contributed by atoms with E-state index in [1.165, 1.54) is 0 Å². The van der Waals surface area contributed by atoms with Gasteiger partial charge in [-0.1, -0.05) is 26.2 Å². The monoisotopic (exact) mass is 291 g/mol. The minimum absolute atomic E-state index is 0.803. The van der Waals surface area contributed by atoms with Crippen LogP contribution < -0.4 is 5.32 Å².